The molecule has 0 radical (unpaired) electrons. The number of anilines is 1. The Bertz CT molecular complexity index is 1120. The highest BCUT2D eigenvalue weighted by Crippen LogP contribution is 2.42. The molecular weight excluding hydrogens is 597 g/mol. The van der Waals surface area contributed by atoms with Crippen molar-refractivity contribution in [3.63, 3.8) is 0 Å². The van der Waals surface area contributed by atoms with E-state index in [2.05, 4.69) is 53.1 Å². The number of aromatic carboxylic acids is 1. The lowest BCUT2D eigenvalue weighted by Gasteiger charge is -2.13. The van der Waals surface area contributed by atoms with Crippen LogP contribution in [0.15, 0.2) is 49.1 Å². The van der Waals surface area contributed by atoms with Crippen molar-refractivity contribution in [2.24, 2.45) is 0 Å². The molecule has 1 heterocycles. The number of carboxylic acid groups (broad SMARTS) is 1. The normalized spacial score (nSPS) is 10.7. The monoisotopic (exact) mass is 605 g/mol. The summed E-state index contributed by atoms with van der Waals surface area (Å²) < 4.78 is 20.1. The molecule has 0 saturated carbocycles. The highest BCUT2D eigenvalue weighted by molar-refractivity contribution is 9.13. The molecule has 0 aliphatic rings. The van der Waals surface area contributed by atoms with Crippen molar-refractivity contribution in [2.45, 2.75) is 0 Å². The SMILES string of the molecule is COc1c(Br)c(Br)cc(C(=O)Nc2scc(-c3ccc(F)cc3)c2C(=O)O)c1Br. The van der Waals surface area contributed by atoms with Crippen LogP contribution in [0.4, 0.5) is 9.39 Å². The molecule has 1 aromatic heterocycles. The molecule has 2 N–H and O–H groups in total. The fourth-order valence-corrected chi connectivity index (χ4v) is 5.36. The number of hydrogen-bond acceptors (Lipinski definition) is 4. The van der Waals surface area contributed by atoms with E-state index in [0.717, 1.165) is 11.3 Å². The molecule has 5 nitrogen and oxygen atoms in total. The summed E-state index contributed by atoms with van der Waals surface area (Å²) in [5.41, 5.74) is 1.13. The summed E-state index contributed by atoms with van der Waals surface area (Å²) in [6, 6.07) is 7.06. The number of methoxy groups -OCH3 is 1. The third-order valence-corrected chi connectivity index (χ3v) is 7.58. The van der Waals surface area contributed by atoms with Crippen LogP contribution in [0.25, 0.3) is 11.1 Å². The Kier molecular flexibility index (Phi) is 6.77. The van der Waals surface area contributed by atoms with Gasteiger partial charge < -0.3 is 15.2 Å². The maximum absolute atomic E-state index is 13.2. The zero-order valence-corrected chi connectivity index (χ0v) is 20.1. The standard InChI is InChI=1S/C19H11Br3FNO4S/c1-28-16-14(21)10(6-12(20)15(16)22)17(25)24-18-13(19(26)27)11(7-29-18)8-2-4-9(23)5-3-8/h2-7H,1H3,(H,24,25)(H,26,27). The first-order chi connectivity index (χ1) is 13.7. The van der Waals surface area contributed by atoms with Crippen molar-refractivity contribution in [3.8, 4) is 16.9 Å². The van der Waals surface area contributed by atoms with Crippen LogP contribution < -0.4 is 10.1 Å². The first kappa shape index (κ1) is 21.9. The zero-order valence-electron chi connectivity index (χ0n) is 14.6. The maximum atomic E-state index is 13.2. The molecule has 0 atom stereocenters. The fourth-order valence-electron chi connectivity index (χ4n) is 2.60. The van der Waals surface area contributed by atoms with E-state index >= 15 is 0 Å². The number of rotatable bonds is 5. The minimum Gasteiger partial charge on any atom is -0.494 e. The van der Waals surface area contributed by atoms with Gasteiger partial charge in [-0.1, -0.05) is 12.1 Å². The number of amides is 1. The van der Waals surface area contributed by atoms with Gasteiger partial charge in [0.15, 0.2) is 0 Å². The van der Waals surface area contributed by atoms with Crippen molar-refractivity contribution in [1.82, 2.24) is 0 Å². The van der Waals surface area contributed by atoms with Gasteiger partial charge in [0.05, 0.1) is 21.6 Å². The number of carbonyl (C=O) groups excluding carboxylic acids is 1. The minimum absolute atomic E-state index is 0.0609. The maximum Gasteiger partial charge on any atom is 0.339 e. The van der Waals surface area contributed by atoms with Crippen LogP contribution in [0.3, 0.4) is 0 Å². The minimum atomic E-state index is -1.20. The van der Waals surface area contributed by atoms with Crippen LogP contribution >= 0.6 is 59.1 Å². The summed E-state index contributed by atoms with van der Waals surface area (Å²) in [6.07, 6.45) is 0. The second-order valence-electron chi connectivity index (χ2n) is 5.69. The van der Waals surface area contributed by atoms with Gasteiger partial charge in [-0.05, 0) is 71.6 Å². The van der Waals surface area contributed by atoms with Gasteiger partial charge in [-0.2, -0.15) is 0 Å². The van der Waals surface area contributed by atoms with E-state index in [1.54, 1.807) is 11.4 Å². The number of benzene rings is 2. The quantitative estimate of drug-likeness (QED) is 0.313. The van der Waals surface area contributed by atoms with Crippen LogP contribution in [0.1, 0.15) is 20.7 Å². The summed E-state index contributed by atoms with van der Waals surface area (Å²) in [6.45, 7) is 0. The molecule has 0 spiro atoms. The summed E-state index contributed by atoms with van der Waals surface area (Å²) in [5, 5.41) is 14.1. The van der Waals surface area contributed by atoms with Crippen molar-refractivity contribution < 1.29 is 23.8 Å². The molecule has 3 aromatic rings. The molecule has 150 valence electrons. The van der Waals surface area contributed by atoms with E-state index in [1.807, 2.05) is 0 Å². The number of carbonyl (C=O) groups is 2. The van der Waals surface area contributed by atoms with E-state index in [9.17, 15) is 19.1 Å². The lowest BCUT2D eigenvalue weighted by Crippen LogP contribution is -2.14. The summed E-state index contributed by atoms with van der Waals surface area (Å²) in [4.78, 5) is 24.7. The first-order valence-electron chi connectivity index (χ1n) is 7.88. The molecule has 0 saturated heterocycles. The summed E-state index contributed by atoms with van der Waals surface area (Å²) in [7, 11) is 1.47. The zero-order chi connectivity index (χ0) is 21.3. The Balaban J connectivity index is 2.01. The largest absolute Gasteiger partial charge is 0.494 e. The van der Waals surface area contributed by atoms with Crippen LogP contribution in [0.2, 0.25) is 0 Å². The summed E-state index contributed by atoms with van der Waals surface area (Å²) >= 11 is 11.2. The number of thiophene rings is 1. The van der Waals surface area contributed by atoms with Gasteiger partial charge in [0.2, 0.25) is 0 Å². The fraction of sp³-hybridized carbons (Fsp3) is 0.0526. The van der Waals surface area contributed by atoms with Gasteiger partial charge in [-0.3, -0.25) is 4.79 Å². The van der Waals surface area contributed by atoms with Crippen LogP contribution in [-0.2, 0) is 0 Å². The third kappa shape index (κ3) is 4.40. The molecular formula is C19H11Br3FNO4S. The van der Waals surface area contributed by atoms with E-state index < -0.39 is 17.7 Å². The smallest absolute Gasteiger partial charge is 0.339 e. The van der Waals surface area contributed by atoms with Gasteiger partial charge in [-0.15, -0.1) is 11.3 Å². The second kappa shape index (κ2) is 8.95. The number of halogens is 4. The molecule has 29 heavy (non-hydrogen) atoms. The molecule has 0 fully saturated rings. The Hall–Kier alpha value is -1.75. The van der Waals surface area contributed by atoms with Gasteiger partial charge in [-0.25, -0.2) is 9.18 Å². The second-order valence-corrected chi connectivity index (χ2v) is 9.01. The van der Waals surface area contributed by atoms with Crippen molar-refractivity contribution in [2.75, 3.05) is 12.4 Å². The Morgan fingerprint density at radius 3 is 2.38 bits per heavy atom. The number of nitrogens with one attached hydrogen (secondary N) is 1. The van der Waals surface area contributed by atoms with E-state index in [4.69, 9.17) is 4.74 Å². The predicted octanol–water partition coefficient (Wildman–Crippen LogP) is 6.80. The summed E-state index contributed by atoms with van der Waals surface area (Å²) in [5.74, 6) is -1.72. The van der Waals surface area contributed by atoms with Crippen molar-refractivity contribution in [1.29, 1.82) is 0 Å². The highest BCUT2D eigenvalue weighted by atomic mass is 79.9. The molecule has 0 aliphatic carbocycles. The van der Waals surface area contributed by atoms with Crippen LogP contribution in [0.5, 0.6) is 5.75 Å². The van der Waals surface area contributed by atoms with Crippen molar-refractivity contribution in [3.05, 3.63) is 66.1 Å². The lowest BCUT2D eigenvalue weighted by molar-refractivity contribution is 0.0699. The Morgan fingerprint density at radius 1 is 1.14 bits per heavy atom. The van der Waals surface area contributed by atoms with Gasteiger partial charge in [0.1, 0.15) is 22.1 Å². The lowest BCUT2D eigenvalue weighted by atomic mass is 10.0. The van der Waals surface area contributed by atoms with E-state index in [0.29, 0.717) is 30.3 Å². The molecule has 2 aromatic carbocycles. The first-order valence-corrected chi connectivity index (χ1v) is 11.1. The number of ether oxygens (including phenoxy) is 1. The van der Waals surface area contributed by atoms with E-state index in [-0.39, 0.29) is 16.1 Å². The van der Waals surface area contributed by atoms with Gasteiger partial charge >= 0.3 is 5.97 Å². The third-order valence-electron chi connectivity index (χ3n) is 3.95. The molecule has 0 bridgehead atoms. The molecule has 3 rings (SSSR count). The average molecular weight is 608 g/mol. The topological polar surface area (TPSA) is 75.6 Å². The van der Waals surface area contributed by atoms with Crippen molar-refractivity contribution >= 4 is 76.0 Å². The van der Waals surface area contributed by atoms with Gasteiger partial charge in [0.25, 0.3) is 5.91 Å². The number of hydrogen-bond donors (Lipinski definition) is 2. The predicted molar refractivity (Wildman–Crippen MR) is 121 cm³/mol. The Labute approximate surface area is 194 Å². The highest BCUT2D eigenvalue weighted by Gasteiger charge is 2.24. The van der Waals surface area contributed by atoms with E-state index in [1.165, 1.54) is 31.4 Å². The molecule has 0 aliphatic heterocycles. The average Bonchev–Trinajstić information content (AvgIpc) is 3.09. The Morgan fingerprint density at radius 2 is 1.79 bits per heavy atom. The van der Waals surface area contributed by atoms with Crippen LogP contribution in [0, 0.1) is 5.82 Å². The molecule has 1 amide bonds. The van der Waals surface area contributed by atoms with Gasteiger partial charge in [0, 0.05) is 15.4 Å². The molecule has 10 heteroatoms. The van der Waals surface area contributed by atoms with Crippen LogP contribution in [-0.4, -0.2) is 24.1 Å². The number of carboxylic acids is 1. The molecule has 0 unspecified atom stereocenters.